The Balaban J connectivity index is 2.99. The Morgan fingerprint density at radius 2 is 2.36 bits per heavy atom. The summed E-state index contributed by atoms with van der Waals surface area (Å²) >= 11 is 0. The molecule has 0 unspecified atom stereocenters. The molecule has 0 saturated carbocycles. The summed E-state index contributed by atoms with van der Waals surface area (Å²) in [6.45, 7) is 1.99. The number of hydrogen-bond donors (Lipinski definition) is 0. The van der Waals surface area contributed by atoms with Gasteiger partial charge in [-0.2, -0.15) is 5.10 Å². The van der Waals surface area contributed by atoms with Gasteiger partial charge in [0.15, 0.2) is 5.69 Å². The first kappa shape index (κ1) is 10.7. The summed E-state index contributed by atoms with van der Waals surface area (Å²) < 4.78 is 1.63. The van der Waals surface area contributed by atoms with E-state index < -0.39 is 0 Å². The smallest absolute Gasteiger partial charge is 0.275 e. The molecule has 0 aliphatic carbocycles. The maximum Gasteiger partial charge on any atom is 0.297 e. The summed E-state index contributed by atoms with van der Waals surface area (Å²) in [5.74, 6) is -0.218. The number of nitrogens with zero attached hydrogens (tertiary/aromatic N) is 3. The molecule has 1 rings (SSSR count). The van der Waals surface area contributed by atoms with Crippen molar-refractivity contribution < 1.29 is 9.63 Å². The molecule has 1 amide bonds. The Hall–Kier alpha value is -1.36. The van der Waals surface area contributed by atoms with E-state index in [9.17, 15) is 4.79 Å². The van der Waals surface area contributed by atoms with Crippen LogP contribution in [0.1, 0.15) is 23.0 Å². The average molecular weight is 197 g/mol. The average Bonchev–Trinajstić information content (AvgIpc) is 2.57. The fraction of sp³-hybridized carbons (Fsp3) is 0.556. The molecule has 1 aromatic rings. The second-order valence-electron chi connectivity index (χ2n) is 3.02. The van der Waals surface area contributed by atoms with Crippen molar-refractivity contribution in [3.05, 3.63) is 17.5 Å². The number of rotatable bonds is 3. The van der Waals surface area contributed by atoms with Gasteiger partial charge in [0.25, 0.3) is 5.91 Å². The van der Waals surface area contributed by atoms with Crippen LogP contribution in [0, 0.1) is 0 Å². The second-order valence-corrected chi connectivity index (χ2v) is 3.02. The third-order valence-corrected chi connectivity index (χ3v) is 2.05. The SMILES string of the molecule is CCc1cn(C)nc1C(=O)N(C)OC. The van der Waals surface area contributed by atoms with Crippen molar-refractivity contribution in [2.45, 2.75) is 13.3 Å². The highest BCUT2D eigenvalue weighted by atomic mass is 16.7. The van der Waals surface area contributed by atoms with Crippen molar-refractivity contribution in [2.24, 2.45) is 7.05 Å². The summed E-state index contributed by atoms with van der Waals surface area (Å²) in [6, 6.07) is 0. The minimum Gasteiger partial charge on any atom is -0.275 e. The molecule has 78 valence electrons. The van der Waals surface area contributed by atoms with Crippen molar-refractivity contribution in [3.63, 3.8) is 0 Å². The first-order valence-corrected chi connectivity index (χ1v) is 4.44. The van der Waals surface area contributed by atoms with E-state index in [1.807, 2.05) is 13.1 Å². The zero-order valence-corrected chi connectivity index (χ0v) is 8.94. The Morgan fingerprint density at radius 1 is 1.71 bits per heavy atom. The van der Waals surface area contributed by atoms with E-state index in [2.05, 4.69) is 5.10 Å². The van der Waals surface area contributed by atoms with Gasteiger partial charge in [-0.1, -0.05) is 6.92 Å². The van der Waals surface area contributed by atoms with E-state index in [-0.39, 0.29) is 5.91 Å². The van der Waals surface area contributed by atoms with Crippen molar-refractivity contribution in [2.75, 3.05) is 14.2 Å². The molecular weight excluding hydrogens is 182 g/mol. The molecule has 5 heteroatoms. The number of aromatic nitrogens is 2. The summed E-state index contributed by atoms with van der Waals surface area (Å²) in [7, 11) is 4.81. The van der Waals surface area contributed by atoms with Crippen LogP contribution in [0.2, 0.25) is 0 Å². The number of hydrogen-bond acceptors (Lipinski definition) is 3. The van der Waals surface area contributed by atoms with E-state index >= 15 is 0 Å². The Labute approximate surface area is 83.2 Å². The predicted octanol–water partition coefficient (Wildman–Crippen LogP) is 0.616. The van der Waals surface area contributed by atoms with Crippen LogP contribution >= 0.6 is 0 Å². The Kier molecular flexibility index (Phi) is 3.24. The zero-order chi connectivity index (χ0) is 10.7. The van der Waals surface area contributed by atoms with Crippen LogP contribution in [0.5, 0.6) is 0 Å². The third-order valence-electron chi connectivity index (χ3n) is 2.05. The topological polar surface area (TPSA) is 47.4 Å². The largest absolute Gasteiger partial charge is 0.297 e. The minimum absolute atomic E-state index is 0.218. The molecule has 1 heterocycles. The number of hydroxylamine groups is 2. The lowest BCUT2D eigenvalue weighted by Crippen LogP contribution is -2.26. The standard InChI is InChI=1S/C9H15N3O2/c1-5-7-6-11(2)10-8(7)9(13)12(3)14-4/h6H,5H2,1-4H3. The van der Waals surface area contributed by atoms with Crippen molar-refractivity contribution >= 4 is 5.91 Å². The summed E-state index contributed by atoms with van der Waals surface area (Å²) in [4.78, 5) is 16.5. The van der Waals surface area contributed by atoms with Gasteiger partial charge < -0.3 is 0 Å². The molecule has 0 aliphatic rings. The highest BCUT2D eigenvalue weighted by molar-refractivity contribution is 5.92. The molecule has 0 fully saturated rings. The number of carbonyl (C=O) groups is 1. The van der Waals surface area contributed by atoms with Gasteiger partial charge in [0.2, 0.25) is 0 Å². The molecule has 0 saturated heterocycles. The number of carbonyl (C=O) groups excluding carboxylic acids is 1. The first-order valence-electron chi connectivity index (χ1n) is 4.44. The van der Waals surface area contributed by atoms with E-state index in [1.54, 1.807) is 18.8 Å². The van der Waals surface area contributed by atoms with Crippen molar-refractivity contribution in [1.29, 1.82) is 0 Å². The molecule has 0 aromatic carbocycles. The lowest BCUT2D eigenvalue weighted by atomic mass is 10.2. The van der Waals surface area contributed by atoms with Gasteiger partial charge in [0.05, 0.1) is 7.11 Å². The van der Waals surface area contributed by atoms with Crippen LogP contribution in [-0.4, -0.2) is 34.9 Å². The van der Waals surface area contributed by atoms with Crippen LogP contribution in [0.25, 0.3) is 0 Å². The lowest BCUT2D eigenvalue weighted by molar-refractivity contribution is -0.0761. The molecule has 5 nitrogen and oxygen atoms in total. The van der Waals surface area contributed by atoms with Crippen LogP contribution in [0.15, 0.2) is 6.20 Å². The number of aryl methyl sites for hydroxylation is 2. The van der Waals surface area contributed by atoms with Crippen LogP contribution in [0.4, 0.5) is 0 Å². The molecule has 0 radical (unpaired) electrons. The third kappa shape index (κ3) is 1.93. The van der Waals surface area contributed by atoms with Crippen LogP contribution < -0.4 is 0 Å². The first-order chi connectivity index (χ1) is 6.60. The number of amides is 1. The van der Waals surface area contributed by atoms with E-state index in [1.165, 1.54) is 12.2 Å². The zero-order valence-electron chi connectivity index (χ0n) is 8.94. The van der Waals surface area contributed by atoms with Crippen molar-refractivity contribution in [3.8, 4) is 0 Å². The maximum absolute atomic E-state index is 11.7. The van der Waals surface area contributed by atoms with Gasteiger partial charge in [-0.25, -0.2) is 5.06 Å². The second kappa shape index (κ2) is 4.23. The Bertz CT molecular complexity index is 333. The summed E-state index contributed by atoms with van der Waals surface area (Å²) in [6.07, 6.45) is 2.63. The maximum atomic E-state index is 11.7. The van der Waals surface area contributed by atoms with Crippen molar-refractivity contribution in [1.82, 2.24) is 14.8 Å². The molecule has 14 heavy (non-hydrogen) atoms. The molecule has 0 spiro atoms. The molecular formula is C9H15N3O2. The van der Waals surface area contributed by atoms with Gasteiger partial charge in [-0.3, -0.25) is 14.3 Å². The molecule has 0 aliphatic heterocycles. The van der Waals surface area contributed by atoms with Gasteiger partial charge in [-0.05, 0) is 6.42 Å². The molecule has 0 N–H and O–H groups in total. The van der Waals surface area contributed by atoms with E-state index in [0.29, 0.717) is 5.69 Å². The minimum atomic E-state index is -0.218. The highest BCUT2D eigenvalue weighted by Crippen LogP contribution is 2.09. The summed E-state index contributed by atoms with van der Waals surface area (Å²) in [5.41, 5.74) is 1.39. The lowest BCUT2D eigenvalue weighted by Gasteiger charge is -2.12. The Morgan fingerprint density at radius 3 is 2.86 bits per heavy atom. The summed E-state index contributed by atoms with van der Waals surface area (Å²) in [5, 5.41) is 5.26. The van der Waals surface area contributed by atoms with Gasteiger partial charge in [-0.15, -0.1) is 0 Å². The van der Waals surface area contributed by atoms with Crippen LogP contribution in [0.3, 0.4) is 0 Å². The van der Waals surface area contributed by atoms with Crippen LogP contribution in [-0.2, 0) is 18.3 Å². The molecule has 0 atom stereocenters. The van der Waals surface area contributed by atoms with Gasteiger partial charge in [0, 0.05) is 25.9 Å². The van der Waals surface area contributed by atoms with Gasteiger partial charge >= 0.3 is 0 Å². The van der Waals surface area contributed by atoms with Gasteiger partial charge in [0.1, 0.15) is 0 Å². The normalized spacial score (nSPS) is 10.3. The van der Waals surface area contributed by atoms with E-state index in [0.717, 1.165) is 12.0 Å². The highest BCUT2D eigenvalue weighted by Gasteiger charge is 2.18. The monoisotopic (exact) mass is 197 g/mol. The van der Waals surface area contributed by atoms with E-state index in [4.69, 9.17) is 4.84 Å². The fourth-order valence-electron chi connectivity index (χ4n) is 1.21. The quantitative estimate of drug-likeness (QED) is 0.667. The fourth-order valence-corrected chi connectivity index (χ4v) is 1.21. The predicted molar refractivity (Wildman–Crippen MR) is 51.7 cm³/mol. The molecule has 1 aromatic heterocycles. The molecule has 0 bridgehead atoms.